The first-order valence-electron chi connectivity index (χ1n) is 8.35. The monoisotopic (exact) mass is 336 g/mol. The largest absolute Gasteiger partial charge is 0.352 e. The lowest BCUT2D eigenvalue weighted by atomic mass is 10.1. The molecule has 1 N–H and O–H groups in total. The zero-order valence-electron chi connectivity index (χ0n) is 14.3. The number of rotatable bonds is 5. The number of anilines is 1. The highest BCUT2D eigenvalue weighted by Crippen LogP contribution is 2.28. The van der Waals surface area contributed by atoms with Crippen LogP contribution in [0.4, 0.5) is 5.69 Å². The second-order valence-electron chi connectivity index (χ2n) is 6.48. The summed E-state index contributed by atoms with van der Waals surface area (Å²) in [5, 5.41) is 2.86. The van der Waals surface area contributed by atoms with E-state index in [4.69, 9.17) is 0 Å². The number of nitrogens with zero attached hydrogens (tertiary/aromatic N) is 1. The van der Waals surface area contributed by atoms with Gasteiger partial charge in [0, 0.05) is 12.1 Å². The van der Waals surface area contributed by atoms with Gasteiger partial charge in [-0.15, -0.1) is 0 Å². The highest BCUT2D eigenvalue weighted by atomic mass is 16.2. The summed E-state index contributed by atoms with van der Waals surface area (Å²) in [6.45, 7) is 4.78. The van der Waals surface area contributed by atoms with Crippen molar-refractivity contribution in [2.24, 2.45) is 5.92 Å². The highest BCUT2D eigenvalue weighted by molar-refractivity contribution is 6.34. The summed E-state index contributed by atoms with van der Waals surface area (Å²) in [4.78, 5) is 38.5. The van der Waals surface area contributed by atoms with Crippen LogP contribution in [0.2, 0.25) is 0 Å². The van der Waals surface area contributed by atoms with Gasteiger partial charge in [-0.05, 0) is 42.7 Å². The van der Waals surface area contributed by atoms with Crippen molar-refractivity contribution in [3.8, 4) is 0 Å². The molecule has 0 saturated carbocycles. The number of carbonyl (C=O) groups excluding carboxylic acids is 3. The molecule has 0 aromatic heterocycles. The second kappa shape index (κ2) is 6.89. The minimum absolute atomic E-state index is 0.209. The van der Waals surface area contributed by atoms with E-state index in [9.17, 15) is 14.4 Å². The van der Waals surface area contributed by atoms with Gasteiger partial charge in [0.2, 0.25) is 0 Å². The summed E-state index contributed by atoms with van der Waals surface area (Å²) in [5.74, 6) is -0.431. The molecule has 0 unspecified atom stereocenters. The number of amides is 3. The maximum atomic E-state index is 12.5. The summed E-state index contributed by atoms with van der Waals surface area (Å²) in [5.41, 5.74) is 1.61. The van der Waals surface area contributed by atoms with Gasteiger partial charge in [-0.3, -0.25) is 14.4 Å². The van der Waals surface area contributed by atoms with E-state index in [2.05, 4.69) is 19.2 Å². The smallest absolute Gasteiger partial charge is 0.266 e. The van der Waals surface area contributed by atoms with E-state index in [1.165, 1.54) is 0 Å². The first-order valence-corrected chi connectivity index (χ1v) is 8.35. The van der Waals surface area contributed by atoms with Crippen molar-refractivity contribution < 1.29 is 14.4 Å². The third-order valence-electron chi connectivity index (χ3n) is 4.17. The Hall–Kier alpha value is -2.95. The lowest BCUT2D eigenvalue weighted by Crippen LogP contribution is -2.30. The zero-order valence-corrected chi connectivity index (χ0v) is 14.3. The molecule has 25 heavy (non-hydrogen) atoms. The number of carbonyl (C=O) groups is 3. The third kappa shape index (κ3) is 3.31. The molecule has 1 aliphatic heterocycles. The number of benzene rings is 2. The van der Waals surface area contributed by atoms with Gasteiger partial charge < -0.3 is 5.32 Å². The lowest BCUT2D eigenvalue weighted by Gasteiger charge is -2.15. The fourth-order valence-corrected chi connectivity index (χ4v) is 2.79. The molecular formula is C20H20N2O3. The standard InChI is InChI=1S/C20H20N2O3/c1-13(2)10-11-21-18(23)14-6-5-7-15(12-14)22-19(24)16-8-3-4-9-17(16)20(22)25/h3-9,12-13H,10-11H2,1-2H3,(H,21,23). The van der Waals surface area contributed by atoms with Crippen molar-refractivity contribution in [2.75, 3.05) is 11.4 Å². The van der Waals surface area contributed by atoms with Crippen molar-refractivity contribution in [3.05, 3.63) is 65.2 Å². The Kier molecular flexibility index (Phi) is 4.65. The predicted molar refractivity (Wildman–Crippen MR) is 95.8 cm³/mol. The Balaban J connectivity index is 1.82. The van der Waals surface area contributed by atoms with E-state index in [0.717, 1.165) is 11.3 Å². The summed E-state index contributed by atoms with van der Waals surface area (Å²) in [6.07, 6.45) is 0.893. The number of nitrogens with one attached hydrogen (secondary N) is 1. The number of imide groups is 1. The fraction of sp³-hybridized carbons (Fsp3) is 0.250. The van der Waals surface area contributed by atoms with Gasteiger partial charge in [0.1, 0.15) is 0 Å². The first kappa shape index (κ1) is 16.9. The van der Waals surface area contributed by atoms with Crippen LogP contribution in [0.3, 0.4) is 0 Å². The quantitative estimate of drug-likeness (QED) is 0.852. The average Bonchev–Trinajstić information content (AvgIpc) is 2.86. The van der Waals surface area contributed by atoms with Crippen LogP contribution in [-0.2, 0) is 0 Å². The van der Waals surface area contributed by atoms with Crippen LogP contribution in [0.5, 0.6) is 0 Å². The number of hydrogen-bond donors (Lipinski definition) is 1. The maximum absolute atomic E-state index is 12.5. The first-order chi connectivity index (χ1) is 12.0. The minimum Gasteiger partial charge on any atom is -0.352 e. The summed E-state index contributed by atoms with van der Waals surface area (Å²) in [6, 6.07) is 13.3. The van der Waals surface area contributed by atoms with Crippen LogP contribution in [0.15, 0.2) is 48.5 Å². The predicted octanol–water partition coefficient (Wildman–Crippen LogP) is 3.26. The Morgan fingerprint density at radius 1 is 1.00 bits per heavy atom. The summed E-state index contributed by atoms with van der Waals surface area (Å²) < 4.78 is 0. The molecule has 0 aliphatic carbocycles. The van der Waals surface area contributed by atoms with Gasteiger partial charge in [0.05, 0.1) is 16.8 Å². The molecule has 3 rings (SSSR count). The highest BCUT2D eigenvalue weighted by Gasteiger charge is 2.36. The minimum atomic E-state index is -0.363. The molecule has 1 heterocycles. The van der Waals surface area contributed by atoms with E-state index in [-0.39, 0.29) is 17.7 Å². The lowest BCUT2D eigenvalue weighted by molar-refractivity contribution is 0.0919. The zero-order chi connectivity index (χ0) is 18.0. The molecule has 1 aliphatic rings. The summed E-state index contributed by atoms with van der Waals surface area (Å²) >= 11 is 0. The number of hydrogen-bond acceptors (Lipinski definition) is 3. The van der Waals surface area contributed by atoms with Gasteiger partial charge in [-0.25, -0.2) is 4.90 Å². The maximum Gasteiger partial charge on any atom is 0.266 e. The van der Waals surface area contributed by atoms with Gasteiger partial charge >= 0.3 is 0 Å². The third-order valence-corrected chi connectivity index (χ3v) is 4.17. The van der Waals surface area contributed by atoms with Gasteiger partial charge in [0.15, 0.2) is 0 Å². The van der Waals surface area contributed by atoms with Crippen molar-refractivity contribution in [3.63, 3.8) is 0 Å². The molecule has 0 atom stereocenters. The Bertz CT molecular complexity index is 807. The Morgan fingerprint density at radius 2 is 1.64 bits per heavy atom. The topological polar surface area (TPSA) is 66.5 Å². The molecule has 3 amide bonds. The van der Waals surface area contributed by atoms with Crippen LogP contribution in [0.1, 0.15) is 51.3 Å². The van der Waals surface area contributed by atoms with E-state index < -0.39 is 0 Å². The van der Waals surface area contributed by atoms with E-state index >= 15 is 0 Å². The van der Waals surface area contributed by atoms with E-state index in [0.29, 0.717) is 34.8 Å². The van der Waals surface area contributed by atoms with Crippen LogP contribution >= 0.6 is 0 Å². The molecule has 2 aromatic rings. The van der Waals surface area contributed by atoms with Gasteiger partial charge in [0.25, 0.3) is 17.7 Å². The van der Waals surface area contributed by atoms with Crippen molar-refractivity contribution >= 4 is 23.4 Å². The van der Waals surface area contributed by atoms with Gasteiger partial charge in [-0.2, -0.15) is 0 Å². The molecule has 0 fully saturated rings. The van der Waals surface area contributed by atoms with Crippen molar-refractivity contribution in [2.45, 2.75) is 20.3 Å². The Labute approximate surface area is 146 Å². The molecule has 2 aromatic carbocycles. The Morgan fingerprint density at radius 3 is 2.24 bits per heavy atom. The summed E-state index contributed by atoms with van der Waals surface area (Å²) in [7, 11) is 0. The SMILES string of the molecule is CC(C)CCNC(=O)c1cccc(N2C(=O)c3ccccc3C2=O)c1. The second-order valence-corrected chi connectivity index (χ2v) is 6.48. The van der Waals surface area contributed by atoms with Crippen molar-refractivity contribution in [1.82, 2.24) is 5.32 Å². The molecule has 0 saturated heterocycles. The average molecular weight is 336 g/mol. The molecule has 0 radical (unpaired) electrons. The molecule has 5 nitrogen and oxygen atoms in total. The molecule has 0 bridgehead atoms. The number of fused-ring (bicyclic) bond motifs is 1. The molecule has 128 valence electrons. The molecule has 5 heteroatoms. The van der Waals surface area contributed by atoms with Gasteiger partial charge in [-0.1, -0.05) is 32.0 Å². The van der Waals surface area contributed by atoms with Crippen LogP contribution in [0, 0.1) is 5.92 Å². The van der Waals surface area contributed by atoms with E-state index in [1.807, 2.05) is 0 Å². The molecular weight excluding hydrogens is 316 g/mol. The molecule has 0 spiro atoms. The fourth-order valence-electron chi connectivity index (χ4n) is 2.79. The van der Waals surface area contributed by atoms with Crippen LogP contribution in [0.25, 0.3) is 0 Å². The van der Waals surface area contributed by atoms with Crippen molar-refractivity contribution in [1.29, 1.82) is 0 Å². The normalized spacial score (nSPS) is 13.3. The van der Waals surface area contributed by atoms with Crippen LogP contribution < -0.4 is 10.2 Å². The van der Waals surface area contributed by atoms with Crippen LogP contribution in [-0.4, -0.2) is 24.3 Å². The van der Waals surface area contributed by atoms with E-state index in [1.54, 1.807) is 48.5 Å².